The highest BCUT2D eigenvalue weighted by atomic mass is 32.1. The maximum atomic E-state index is 5.36. The summed E-state index contributed by atoms with van der Waals surface area (Å²) in [6.07, 6.45) is 0. The average molecular weight is 217 g/mol. The van der Waals surface area contributed by atoms with Gasteiger partial charge in [-0.3, -0.25) is 0 Å². The van der Waals surface area contributed by atoms with Gasteiger partial charge in [0, 0.05) is 12.3 Å². The molecular formula is C10H7N3OS. The molecule has 1 aromatic carbocycles. The summed E-state index contributed by atoms with van der Waals surface area (Å²) >= 11 is 1.44. The van der Waals surface area contributed by atoms with Crippen LogP contribution in [0.2, 0.25) is 0 Å². The van der Waals surface area contributed by atoms with Crippen LogP contribution in [0.25, 0.3) is 21.7 Å². The van der Waals surface area contributed by atoms with Crippen LogP contribution in [0.5, 0.6) is 0 Å². The second-order valence-electron chi connectivity index (χ2n) is 3.15. The Bertz CT molecular complexity index is 614. The fourth-order valence-corrected chi connectivity index (χ4v) is 2.20. The van der Waals surface area contributed by atoms with Gasteiger partial charge in [0.1, 0.15) is 5.69 Å². The van der Waals surface area contributed by atoms with Crippen molar-refractivity contribution >= 4 is 21.6 Å². The number of benzene rings is 1. The highest BCUT2D eigenvalue weighted by molar-refractivity contribution is 7.13. The predicted molar refractivity (Wildman–Crippen MR) is 57.6 cm³/mol. The van der Waals surface area contributed by atoms with Crippen LogP contribution in [-0.4, -0.2) is 14.6 Å². The van der Waals surface area contributed by atoms with Gasteiger partial charge in [-0.05, 0) is 17.6 Å². The Morgan fingerprint density at radius 2 is 2.07 bits per heavy atom. The van der Waals surface area contributed by atoms with Gasteiger partial charge in [0.05, 0.1) is 4.70 Å². The zero-order chi connectivity index (χ0) is 10.3. The Hall–Kier alpha value is -1.75. The van der Waals surface area contributed by atoms with E-state index < -0.39 is 0 Å². The van der Waals surface area contributed by atoms with Crippen molar-refractivity contribution in [3.63, 3.8) is 0 Å². The van der Waals surface area contributed by atoms with Gasteiger partial charge in [0.2, 0.25) is 5.89 Å². The van der Waals surface area contributed by atoms with Crippen LogP contribution < -0.4 is 0 Å². The van der Waals surface area contributed by atoms with Crippen LogP contribution in [0.15, 0.2) is 28.7 Å². The first-order chi connectivity index (χ1) is 7.34. The molecule has 2 heterocycles. The number of aromatic nitrogens is 3. The van der Waals surface area contributed by atoms with Gasteiger partial charge in [-0.15, -0.1) is 10.2 Å². The molecular weight excluding hydrogens is 210 g/mol. The van der Waals surface area contributed by atoms with E-state index in [9.17, 15) is 0 Å². The molecule has 0 aliphatic carbocycles. The number of aryl methyl sites for hydroxylation is 1. The first kappa shape index (κ1) is 8.55. The molecule has 0 saturated heterocycles. The molecule has 2 aromatic heterocycles. The molecule has 0 aliphatic rings. The lowest BCUT2D eigenvalue weighted by atomic mass is 10.2. The maximum Gasteiger partial charge on any atom is 0.268 e. The second kappa shape index (κ2) is 3.13. The topological polar surface area (TPSA) is 51.8 Å². The van der Waals surface area contributed by atoms with Crippen LogP contribution in [-0.2, 0) is 0 Å². The van der Waals surface area contributed by atoms with E-state index in [0.29, 0.717) is 11.8 Å². The molecule has 74 valence electrons. The van der Waals surface area contributed by atoms with Crippen molar-refractivity contribution in [1.82, 2.24) is 14.6 Å². The zero-order valence-corrected chi connectivity index (χ0v) is 8.78. The third-order valence-electron chi connectivity index (χ3n) is 2.11. The van der Waals surface area contributed by atoms with Crippen molar-refractivity contribution in [3.8, 4) is 11.6 Å². The lowest BCUT2D eigenvalue weighted by molar-refractivity contribution is 0.532. The van der Waals surface area contributed by atoms with Crippen LogP contribution in [0, 0.1) is 6.92 Å². The number of fused-ring (bicyclic) bond motifs is 1. The fraction of sp³-hybridized carbons (Fsp3) is 0.100. The largest absolute Gasteiger partial charge is 0.420 e. The molecule has 0 saturated carbocycles. The second-order valence-corrected chi connectivity index (χ2v) is 3.96. The SMILES string of the molecule is Cc1nnc(-c2nsc3ccccc23)o1. The third-order valence-corrected chi connectivity index (χ3v) is 2.93. The molecule has 0 unspecified atom stereocenters. The molecule has 0 bridgehead atoms. The normalized spacial score (nSPS) is 11.0. The summed E-state index contributed by atoms with van der Waals surface area (Å²) in [6, 6.07) is 8.00. The van der Waals surface area contributed by atoms with E-state index in [2.05, 4.69) is 14.6 Å². The molecule has 15 heavy (non-hydrogen) atoms. The van der Waals surface area contributed by atoms with Gasteiger partial charge in [-0.2, -0.15) is 4.37 Å². The molecule has 0 spiro atoms. The van der Waals surface area contributed by atoms with E-state index in [1.165, 1.54) is 11.5 Å². The van der Waals surface area contributed by atoms with Crippen molar-refractivity contribution in [1.29, 1.82) is 0 Å². The lowest BCUT2D eigenvalue weighted by Crippen LogP contribution is -1.77. The molecule has 4 nitrogen and oxygen atoms in total. The van der Waals surface area contributed by atoms with Gasteiger partial charge in [0.25, 0.3) is 5.89 Å². The predicted octanol–water partition coefficient (Wildman–Crippen LogP) is 2.65. The quantitative estimate of drug-likeness (QED) is 0.628. The molecule has 0 fully saturated rings. The highest BCUT2D eigenvalue weighted by Gasteiger charge is 2.13. The lowest BCUT2D eigenvalue weighted by Gasteiger charge is -1.89. The minimum atomic E-state index is 0.491. The monoisotopic (exact) mass is 217 g/mol. The Balaban J connectivity index is 2.27. The van der Waals surface area contributed by atoms with Crippen LogP contribution >= 0.6 is 11.5 Å². The van der Waals surface area contributed by atoms with Crippen LogP contribution in [0.1, 0.15) is 5.89 Å². The molecule has 0 aliphatic heterocycles. The minimum Gasteiger partial charge on any atom is -0.420 e. The number of nitrogens with zero attached hydrogens (tertiary/aromatic N) is 3. The average Bonchev–Trinajstić information content (AvgIpc) is 2.83. The minimum absolute atomic E-state index is 0.491. The fourth-order valence-electron chi connectivity index (χ4n) is 1.43. The third kappa shape index (κ3) is 1.32. The van der Waals surface area contributed by atoms with E-state index in [1.54, 1.807) is 6.92 Å². The molecule has 0 radical (unpaired) electrons. The summed E-state index contributed by atoms with van der Waals surface area (Å²) in [5.74, 6) is 1.05. The summed E-state index contributed by atoms with van der Waals surface area (Å²) in [6.45, 7) is 1.77. The molecule has 5 heteroatoms. The summed E-state index contributed by atoms with van der Waals surface area (Å²) in [7, 11) is 0. The first-order valence-corrected chi connectivity index (χ1v) is 5.27. The molecule has 3 rings (SSSR count). The Morgan fingerprint density at radius 1 is 1.20 bits per heavy atom. The number of hydrogen-bond acceptors (Lipinski definition) is 5. The Morgan fingerprint density at radius 3 is 2.87 bits per heavy atom. The summed E-state index contributed by atoms with van der Waals surface area (Å²) in [4.78, 5) is 0. The van der Waals surface area contributed by atoms with E-state index in [-0.39, 0.29) is 0 Å². The van der Waals surface area contributed by atoms with Crippen LogP contribution in [0.3, 0.4) is 0 Å². The summed E-state index contributed by atoms with van der Waals surface area (Å²) in [5.41, 5.74) is 0.774. The smallest absolute Gasteiger partial charge is 0.268 e. The highest BCUT2D eigenvalue weighted by Crippen LogP contribution is 2.29. The summed E-state index contributed by atoms with van der Waals surface area (Å²) < 4.78 is 10.8. The van der Waals surface area contributed by atoms with Crippen molar-refractivity contribution in [2.45, 2.75) is 6.92 Å². The van der Waals surface area contributed by atoms with Crippen molar-refractivity contribution in [2.24, 2.45) is 0 Å². The number of rotatable bonds is 1. The van der Waals surface area contributed by atoms with E-state index in [4.69, 9.17) is 4.42 Å². The van der Waals surface area contributed by atoms with Gasteiger partial charge in [0.15, 0.2) is 0 Å². The number of hydrogen-bond donors (Lipinski definition) is 0. The van der Waals surface area contributed by atoms with Crippen molar-refractivity contribution in [2.75, 3.05) is 0 Å². The first-order valence-electron chi connectivity index (χ1n) is 4.49. The van der Waals surface area contributed by atoms with Gasteiger partial charge in [-0.25, -0.2) is 0 Å². The molecule has 0 N–H and O–H groups in total. The van der Waals surface area contributed by atoms with E-state index in [0.717, 1.165) is 15.8 Å². The Kier molecular flexibility index (Phi) is 1.78. The van der Waals surface area contributed by atoms with Gasteiger partial charge < -0.3 is 4.42 Å². The molecule has 0 atom stereocenters. The molecule has 3 aromatic rings. The van der Waals surface area contributed by atoms with E-state index >= 15 is 0 Å². The summed E-state index contributed by atoms with van der Waals surface area (Å²) in [5, 5.41) is 8.82. The van der Waals surface area contributed by atoms with Crippen molar-refractivity contribution in [3.05, 3.63) is 30.2 Å². The van der Waals surface area contributed by atoms with Gasteiger partial charge in [-0.1, -0.05) is 18.2 Å². The zero-order valence-electron chi connectivity index (χ0n) is 7.97. The maximum absolute atomic E-state index is 5.36. The van der Waals surface area contributed by atoms with Crippen LogP contribution in [0.4, 0.5) is 0 Å². The van der Waals surface area contributed by atoms with Crippen molar-refractivity contribution < 1.29 is 4.42 Å². The van der Waals surface area contributed by atoms with E-state index in [1.807, 2.05) is 24.3 Å². The Labute approximate surface area is 89.7 Å². The standard InChI is InChI=1S/C10H7N3OS/c1-6-11-12-10(14-6)9-7-4-2-3-5-8(7)15-13-9/h2-5H,1H3. The van der Waals surface area contributed by atoms with Gasteiger partial charge >= 0.3 is 0 Å². The molecule has 0 amide bonds.